The number of aromatic nitrogens is 6. The van der Waals surface area contributed by atoms with Crippen LogP contribution in [-0.2, 0) is 6.54 Å². The van der Waals surface area contributed by atoms with Gasteiger partial charge in [0.2, 0.25) is 0 Å². The molecule has 9 heteroatoms. The van der Waals surface area contributed by atoms with Crippen LogP contribution in [0.2, 0.25) is 0 Å². The number of rotatable bonds is 5. The Bertz CT molecular complexity index is 974. The first kappa shape index (κ1) is 14.8. The van der Waals surface area contributed by atoms with Gasteiger partial charge >= 0.3 is 0 Å². The maximum Gasteiger partial charge on any atom is 0.277 e. The Kier molecular flexibility index (Phi) is 3.79. The van der Waals surface area contributed by atoms with Crippen molar-refractivity contribution in [1.82, 2.24) is 29.7 Å². The number of nitrogens with zero attached hydrogens (tertiary/aromatic N) is 6. The maximum atomic E-state index is 12.4. The van der Waals surface area contributed by atoms with Crippen LogP contribution >= 0.6 is 0 Å². The maximum absolute atomic E-state index is 12.4. The molecule has 0 aliphatic carbocycles. The monoisotopic (exact) mass is 335 g/mol. The third kappa shape index (κ3) is 3.15. The van der Waals surface area contributed by atoms with Crippen molar-refractivity contribution in [3.63, 3.8) is 0 Å². The third-order valence-corrected chi connectivity index (χ3v) is 3.42. The lowest BCUT2D eigenvalue weighted by atomic mass is 10.3. The summed E-state index contributed by atoms with van der Waals surface area (Å²) in [6.45, 7) is 0.401. The highest BCUT2D eigenvalue weighted by Gasteiger charge is 2.16. The van der Waals surface area contributed by atoms with E-state index in [0.717, 1.165) is 0 Å². The zero-order chi connectivity index (χ0) is 17.1. The Labute approximate surface area is 141 Å². The van der Waals surface area contributed by atoms with Crippen molar-refractivity contribution in [1.29, 1.82) is 0 Å². The fourth-order valence-corrected chi connectivity index (χ4v) is 2.31. The Hall–Kier alpha value is -3.75. The van der Waals surface area contributed by atoms with Crippen molar-refractivity contribution in [3.8, 4) is 5.82 Å². The molecule has 4 heterocycles. The molecule has 0 atom stereocenters. The van der Waals surface area contributed by atoms with Gasteiger partial charge in [0.15, 0.2) is 17.3 Å². The van der Waals surface area contributed by atoms with E-state index in [1.54, 1.807) is 64.6 Å². The second kappa shape index (κ2) is 6.40. The van der Waals surface area contributed by atoms with Crippen molar-refractivity contribution in [2.75, 3.05) is 5.32 Å². The van der Waals surface area contributed by atoms with Crippen LogP contribution in [0.25, 0.3) is 5.82 Å². The van der Waals surface area contributed by atoms with Crippen molar-refractivity contribution in [2.45, 2.75) is 6.54 Å². The van der Waals surface area contributed by atoms with Crippen molar-refractivity contribution in [3.05, 3.63) is 72.8 Å². The quantitative estimate of drug-likeness (QED) is 0.596. The van der Waals surface area contributed by atoms with E-state index in [1.165, 1.54) is 0 Å². The average molecular weight is 335 g/mol. The average Bonchev–Trinajstić information content (AvgIpc) is 3.39. The van der Waals surface area contributed by atoms with Gasteiger partial charge in [-0.05, 0) is 24.3 Å². The lowest BCUT2D eigenvalue weighted by molar-refractivity contribution is 0.101. The summed E-state index contributed by atoms with van der Waals surface area (Å²) < 4.78 is 8.45. The minimum Gasteiger partial charge on any atom is -0.359 e. The normalized spacial score (nSPS) is 10.7. The fraction of sp³-hybridized carbons (Fsp3) is 0.0625. The standard InChI is InChI=1S/C16H13N7O2/c24-16(14-10-12(25-21-14)11-22-8-2-6-18-22)20-13-4-1-5-17-15(13)23-9-3-7-19-23/h1-10H,11H2,(H,20,24). The number of hydrogen-bond donors (Lipinski definition) is 1. The van der Waals surface area contributed by atoms with E-state index in [4.69, 9.17) is 4.52 Å². The molecule has 4 rings (SSSR count). The number of amides is 1. The van der Waals surface area contributed by atoms with Gasteiger partial charge in [-0.25, -0.2) is 9.67 Å². The molecule has 4 aromatic heterocycles. The highest BCUT2D eigenvalue weighted by molar-refractivity contribution is 6.03. The molecule has 1 N–H and O–H groups in total. The van der Waals surface area contributed by atoms with Crippen LogP contribution in [0.15, 0.2) is 65.8 Å². The van der Waals surface area contributed by atoms with E-state index in [-0.39, 0.29) is 5.69 Å². The van der Waals surface area contributed by atoms with Crippen molar-refractivity contribution in [2.24, 2.45) is 0 Å². The SMILES string of the molecule is O=C(Nc1cccnc1-n1cccn1)c1cc(Cn2cccn2)on1. The van der Waals surface area contributed by atoms with Crippen LogP contribution in [0.4, 0.5) is 5.69 Å². The molecule has 4 aromatic rings. The Morgan fingerprint density at radius 1 is 1.12 bits per heavy atom. The molecule has 0 spiro atoms. The van der Waals surface area contributed by atoms with E-state index in [2.05, 4.69) is 25.7 Å². The molecule has 0 aromatic carbocycles. The molecule has 0 saturated heterocycles. The van der Waals surface area contributed by atoms with Gasteiger partial charge in [0.25, 0.3) is 5.91 Å². The molecule has 124 valence electrons. The Morgan fingerprint density at radius 2 is 2.00 bits per heavy atom. The van der Waals surface area contributed by atoms with E-state index in [0.29, 0.717) is 23.8 Å². The van der Waals surface area contributed by atoms with Crippen molar-refractivity contribution < 1.29 is 9.32 Å². The van der Waals surface area contributed by atoms with Crippen LogP contribution in [0, 0.1) is 0 Å². The summed E-state index contributed by atoms with van der Waals surface area (Å²) in [5.41, 5.74) is 0.699. The summed E-state index contributed by atoms with van der Waals surface area (Å²) >= 11 is 0. The molecule has 9 nitrogen and oxygen atoms in total. The largest absolute Gasteiger partial charge is 0.359 e. The lowest BCUT2D eigenvalue weighted by Crippen LogP contribution is -2.15. The number of carbonyl (C=O) groups excluding carboxylic acids is 1. The molecule has 0 fully saturated rings. The molecule has 0 unspecified atom stereocenters. The predicted octanol–water partition coefficient (Wildman–Crippen LogP) is 1.75. The third-order valence-electron chi connectivity index (χ3n) is 3.42. The van der Waals surface area contributed by atoms with Crippen LogP contribution in [0.3, 0.4) is 0 Å². The zero-order valence-electron chi connectivity index (χ0n) is 13.0. The highest BCUT2D eigenvalue weighted by atomic mass is 16.5. The van der Waals surface area contributed by atoms with Gasteiger partial charge in [-0.1, -0.05) is 5.16 Å². The molecule has 0 aliphatic heterocycles. The van der Waals surface area contributed by atoms with Gasteiger partial charge < -0.3 is 9.84 Å². The summed E-state index contributed by atoms with van der Waals surface area (Å²) in [6, 6.07) is 8.64. The van der Waals surface area contributed by atoms with Gasteiger partial charge in [0.05, 0.1) is 5.69 Å². The molecule has 1 amide bonds. The Balaban J connectivity index is 1.52. The second-order valence-electron chi connectivity index (χ2n) is 5.16. The number of pyridine rings is 1. The van der Waals surface area contributed by atoms with Crippen LogP contribution < -0.4 is 5.32 Å². The second-order valence-corrected chi connectivity index (χ2v) is 5.16. The number of anilines is 1. The van der Waals surface area contributed by atoms with Gasteiger partial charge in [-0.3, -0.25) is 9.48 Å². The molecular formula is C16H13N7O2. The zero-order valence-corrected chi connectivity index (χ0v) is 13.0. The van der Waals surface area contributed by atoms with E-state index >= 15 is 0 Å². The minimum atomic E-state index is -0.392. The molecule has 0 bridgehead atoms. The smallest absolute Gasteiger partial charge is 0.277 e. The summed E-state index contributed by atoms with van der Waals surface area (Å²) in [4.78, 5) is 16.7. The van der Waals surface area contributed by atoms with E-state index in [1.807, 2.05) is 6.07 Å². The van der Waals surface area contributed by atoms with Gasteiger partial charge in [-0.2, -0.15) is 10.2 Å². The summed E-state index contributed by atoms with van der Waals surface area (Å²) in [5.74, 6) is 0.658. The summed E-state index contributed by atoms with van der Waals surface area (Å²) in [7, 11) is 0. The van der Waals surface area contributed by atoms with Crippen LogP contribution in [-0.4, -0.2) is 35.6 Å². The predicted molar refractivity (Wildman–Crippen MR) is 87.1 cm³/mol. The van der Waals surface area contributed by atoms with Crippen LogP contribution in [0.1, 0.15) is 16.2 Å². The highest BCUT2D eigenvalue weighted by Crippen LogP contribution is 2.17. The van der Waals surface area contributed by atoms with Crippen molar-refractivity contribution >= 4 is 11.6 Å². The lowest BCUT2D eigenvalue weighted by Gasteiger charge is -2.08. The molecule has 0 radical (unpaired) electrons. The first-order chi connectivity index (χ1) is 12.3. The fourth-order valence-electron chi connectivity index (χ4n) is 2.31. The number of nitrogens with one attached hydrogen (secondary N) is 1. The first-order valence-electron chi connectivity index (χ1n) is 7.49. The van der Waals surface area contributed by atoms with Gasteiger partial charge in [-0.15, -0.1) is 0 Å². The summed E-state index contributed by atoms with van der Waals surface area (Å²) in [5, 5.41) is 14.8. The van der Waals surface area contributed by atoms with Crippen LogP contribution in [0.5, 0.6) is 0 Å². The Morgan fingerprint density at radius 3 is 2.80 bits per heavy atom. The number of hydrogen-bond acceptors (Lipinski definition) is 6. The summed E-state index contributed by atoms with van der Waals surface area (Å²) in [6.07, 6.45) is 8.48. The molecule has 0 saturated carbocycles. The molecule has 25 heavy (non-hydrogen) atoms. The van der Waals surface area contributed by atoms with Gasteiger partial charge in [0.1, 0.15) is 6.54 Å². The van der Waals surface area contributed by atoms with E-state index in [9.17, 15) is 4.79 Å². The molecule has 0 aliphatic rings. The minimum absolute atomic E-state index is 0.178. The van der Waals surface area contributed by atoms with E-state index < -0.39 is 5.91 Å². The first-order valence-corrected chi connectivity index (χ1v) is 7.49. The number of carbonyl (C=O) groups is 1. The topological polar surface area (TPSA) is 104 Å². The van der Waals surface area contributed by atoms with Gasteiger partial charge in [0, 0.05) is 37.1 Å². The molecular weight excluding hydrogens is 322 g/mol.